The van der Waals surface area contributed by atoms with E-state index in [1.165, 1.54) is 6.07 Å². The summed E-state index contributed by atoms with van der Waals surface area (Å²) in [4.78, 5) is 0. The van der Waals surface area contributed by atoms with Gasteiger partial charge in [0.25, 0.3) is 0 Å². The third-order valence-corrected chi connectivity index (χ3v) is 1.14. The number of benzene rings is 1. The molecular formula is C9H10BrFMgO. The van der Waals surface area contributed by atoms with Crippen LogP contribution in [0.15, 0.2) is 18.2 Å². The Labute approximate surface area is 105 Å². The molecular weight excluding hydrogens is 247 g/mol. The number of hydrogen-bond acceptors (Lipinski definition) is 1. The second kappa shape index (κ2) is 7.59. The maximum absolute atomic E-state index is 12.8. The van der Waals surface area contributed by atoms with E-state index in [9.17, 15) is 4.39 Å². The molecule has 0 saturated carbocycles. The molecule has 1 nitrogen and oxygen atoms in total. The van der Waals surface area contributed by atoms with Crippen molar-refractivity contribution in [3.63, 3.8) is 0 Å². The Morgan fingerprint density at radius 3 is 2.54 bits per heavy atom. The molecule has 0 aliphatic carbocycles. The summed E-state index contributed by atoms with van der Waals surface area (Å²) in [5.41, 5.74) is 0. The van der Waals surface area contributed by atoms with E-state index in [-0.39, 0.29) is 52.0 Å². The Morgan fingerprint density at radius 2 is 2.08 bits per heavy atom. The minimum absolute atomic E-state index is 0. The van der Waals surface area contributed by atoms with Crippen LogP contribution in [0.25, 0.3) is 0 Å². The smallest absolute Gasteiger partial charge is 1.00 e. The predicted molar refractivity (Wildman–Crippen MR) is 46.8 cm³/mol. The summed E-state index contributed by atoms with van der Waals surface area (Å²) in [6.45, 7) is 3.71. The number of rotatable bonds is 2. The first-order chi connectivity index (χ1) is 5.20. The molecule has 0 N–H and O–H groups in total. The van der Waals surface area contributed by atoms with Crippen LogP contribution in [-0.4, -0.2) is 29.2 Å². The van der Waals surface area contributed by atoms with E-state index >= 15 is 0 Å². The van der Waals surface area contributed by atoms with E-state index in [0.29, 0.717) is 5.75 Å². The van der Waals surface area contributed by atoms with Crippen molar-refractivity contribution in [1.29, 1.82) is 0 Å². The van der Waals surface area contributed by atoms with Crippen LogP contribution in [0.3, 0.4) is 0 Å². The first kappa shape index (κ1) is 15.7. The van der Waals surface area contributed by atoms with Gasteiger partial charge in [0.05, 0.1) is 6.10 Å². The Kier molecular flexibility index (Phi) is 9.14. The Balaban J connectivity index is 0. The van der Waals surface area contributed by atoms with Crippen molar-refractivity contribution in [1.82, 2.24) is 0 Å². The standard InChI is InChI=1S/C9H10FO.BrH.Mg/c1-7(2)11-9-6-4-3-5-8(9)10;;/h4-7H,1-2H3;1H;/q-1;;+2/p-1. The summed E-state index contributed by atoms with van der Waals surface area (Å²) in [7, 11) is 0. The average molecular weight is 257 g/mol. The monoisotopic (exact) mass is 256 g/mol. The zero-order valence-electron chi connectivity index (χ0n) is 7.68. The van der Waals surface area contributed by atoms with Crippen molar-refractivity contribution in [2.45, 2.75) is 20.0 Å². The van der Waals surface area contributed by atoms with Gasteiger partial charge >= 0.3 is 23.1 Å². The van der Waals surface area contributed by atoms with E-state index in [0.717, 1.165) is 0 Å². The molecule has 68 valence electrons. The first-order valence-corrected chi connectivity index (χ1v) is 3.52. The van der Waals surface area contributed by atoms with E-state index in [1.807, 2.05) is 13.8 Å². The molecule has 1 rings (SSSR count). The summed E-state index contributed by atoms with van der Waals surface area (Å²) < 4.78 is 17.9. The van der Waals surface area contributed by atoms with Crippen LogP contribution in [0.2, 0.25) is 0 Å². The molecule has 0 bridgehead atoms. The largest absolute Gasteiger partial charge is 2.00 e. The molecule has 0 aromatic heterocycles. The van der Waals surface area contributed by atoms with Crippen LogP contribution in [-0.2, 0) is 0 Å². The topological polar surface area (TPSA) is 9.23 Å². The number of hydrogen-bond donors (Lipinski definition) is 0. The van der Waals surface area contributed by atoms with Crippen molar-refractivity contribution in [3.05, 3.63) is 30.1 Å². The third-order valence-electron chi connectivity index (χ3n) is 1.14. The average Bonchev–Trinajstić information content (AvgIpc) is 1.93. The van der Waals surface area contributed by atoms with Gasteiger partial charge in [-0.15, -0.1) is 12.1 Å². The summed E-state index contributed by atoms with van der Waals surface area (Å²) in [6, 6.07) is 7.07. The van der Waals surface area contributed by atoms with Gasteiger partial charge in [0.1, 0.15) is 0 Å². The van der Waals surface area contributed by atoms with Gasteiger partial charge in [0.15, 0.2) is 0 Å². The Morgan fingerprint density at radius 1 is 1.46 bits per heavy atom. The second-order valence-corrected chi connectivity index (χ2v) is 2.52. The van der Waals surface area contributed by atoms with E-state index < -0.39 is 0 Å². The summed E-state index contributed by atoms with van der Waals surface area (Å²) >= 11 is 0. The van der Waals surface area contributed by atoms with Crippen molar-refractivity contribution < 1.29 is 26.1 Å². The quantitative estimate of drug-likeness (QED) is 0.490. The fourth-order valence-corrected chi connectivity index (χ4v) is 0.745. The van der Waals surface area contributed by atoms with E-state index in [2.05, 4.69) is 6.07 Å². The zero-order valence-corrected chi connectivity index (χ0v) is 10.7. The van der Waals surface area contributed by atoms with Gasteiger partial charge < -0.3 is 21.7 Å². The van der Waals surface area contributed by atoms with E-state index in [4.69, 9.17) is 4.74 Å². The molecule has 0 saturated heterocycles. The molecule has 0 fully saturated rings. The molecule has 0 aliphatic rings. The normalized spacial score (nSPS) is 8.62. The third kappa shape index (κ3) is 5.49. The second-order valence-electron chi connectivity index (χ2n) is 2.52. The molecule has 1 aromatic carbocycles. The first-order valence-electron chi connectivity index (χ1n) is 3.52. The maximum atomic E-state index is 12.8. The Bertz CT molecular complexity index is 243. The molecule has 0 radical (unpaired) electrons. The zero-order chi connectivity index (χ0) is 8.27. The van der Waals surface area contributed by atoms with Gasteiger partial charge in [0.2, 0.25) is 0 Å². The maximum Gasteiger partial charge on any atom is 2.00 e. The van der Waals surface area contributed by atoms with Crippen LogP contribution in [0.1, 0.15) is 13.8 Å². The molecule has 0 amide bonds. The molecule has 0 heterocycles. The van der Waals surface area contributed by atoms with Crippen LogP contribution in [0, 0.1) is 11.9 Å². The molecule has 4 heteroatoms. The summed E-state index contributed by atoms with van der Waals surface area (Å²) in [6.07, 6.45) is 0.00639. The number of halogens is 2. The fraction of sp³-hybridized carbons (Fsp3) is 0.333. The van der Waals surface area contributed by atoms with Gasteiger partial charge in [-0.25, -0.2) is 0 Å². The van der Waals surface area contributed by atoms with Crippen LogP contribution >= 0.6 is 0 Å². The van der Waals surface area contributed by atoms with Gasteiger partial charge in [-0.05, 0) is 13.8 Å². The summed E-state index contributed by atoms with van der Waals surface area (Å²) in [5.74, 6) is -0.0695. The van der Waals surface area contributed by atoms with Gasteiger partial charge in [-0.1, -0.05) is 0 Å². The number of ether oxygens (including phenoxy) is 1. The summed E-state index contributed by atoms with van der Waals surface area (Å²) in [5, 5.41) is 0. The molecule has 0 spiro atoms. The SMILES string of the molecule is CC(C)Oc1cc[c-]cc1F.[Br-].[Mg+2]. The van der Waals surface area contributed by atoms with Gasteiger partial charge in [0, 0.05) is 11.6 Å². The van der Waals surface area contributed by atoms with Crippen LogP contribution in [0.5, 0.6) is 5.75 Å². The van der Waals surface area contributed by atoms with Crippen LogP contribution < -0.4 is 21.7 Å². The fourth-order valence-electron chi connectivity index (χ4n) is 0.745. The van der Waals surface area contributed by atoms with Gasteiger partial charge in [-0.3, -0.25) is 4.39 Å². The van der Waals surface area contributed by atoms with Crippen molar-refractivity contribution in [2.75, 3.05) is 0 Å². The molecule has 13 heavy (non-hydrogen) atoms. The molecule has 0 unspecified atom stereocenters. The van der Waals surface area contributed by atoms with Crippen LogP contribution in [0.4, 0.5) is 4.39 Å². The molecule has 1 aromatic rings. The van der Waals surface area contributed by atoms with Crippen molar-refractivity contribution in [3.8, 4) is 5.75 Å². The van der Waals surface area contributed by atoms with Crippen molar-refractivity contribution >= 4 is 23.1 Å². The van der Waals surface area contributed by atoms with Gasteiger partial charge in [-0.2, -0.15) is 12.1 Å². The minimum Gasteiger partial charge on any atom is -1.00 e. The molecule has 0 aliphatic heterocycles. The minimum atomic E-state index is -0.360. The van der Waals surface area contributed by atoms with Crippen molar-refractivity contribution in [2.24, 2.45) is 0 Å². The Hall–Kier alpha value is 0.196. The molecule has 0 atom stereocenters. The van der Waals surface area contributed by atoms with E-state index in [1.54, 1.807) is 12.1 Å². The predicted octanol–water partition coefficient (Wildman–Crippen LogP) is -0.964.